The maximum atomic E-state index is 12.5. The summed E-state index contributed by atoms with van der Waals surface area (Å²) in [5.41, 5.74) is 2.56. The van der Waals surface area contributed by atoms with Crippen LogP contribution in [-0.2, 0) is 0 Å². The van der Waals surface area contributed by atoms with Gasteiger partial charge in [-0.25, -0.2) is 9.82 Å². The number of nitrogens with two attached hydrogens (primary N) is 1. The van der Waals surface area contributed by atoms with E-state index in [1.807, 2.05) is 0 Å². The van der Waals surface area contributed by atoms with E-state index in [1.165, 1.54) is 0 Å². The van der Waals surface area contributed by atoms with Crippen LogP contribution in [0, 0.1) is 0 Å². The standard InChI is InChI=1S/C6H14FN3/c7-6-1-3-10(4-2-6)5-9-8/h6,9H,1-5,8H2. The van der Waals surface area contributed by atoms with Crippen molar-refractivity contribution in [3.63, 3.8) is 0 Å². The Balaban J connectivity index is 2.13. The van der Waals surface area contributed by atoms with Crippen LogP contribution in [0.3, 0.4) is 0 Å². The van der Waals surface area contributed by atoms with Crippen molar-refractivity contribution in [2.24, 2.45) is 5.84 Å². The molecule has 0 atom stereocenters. The molecule has 4 heteroatoms. The zero-order valence-corrected chi connectivity index (χ0v) is 6.02. The van der Waals surface area contributed by atoms with Crippen molar-refractivity contribution < 1.29 is 4.39 Å². The van der Waals surface area contributed by atoms with Crippen LogP contribution in [-0.4, -0.2) is 30.8 Å². The lowest BCUT2D eigenvalue weighted by Crippen LogP contribution is -2.42. The van der Waals surface area contributed by atoms with E-state index in [-0.39, 0.29) is 0 Å². The number of hydrogen-bond acceptors (Lipinski definition) is 3. The molecule has 1 aliphatic rings. The van der Waals surface area contributed by atoms with Crippen molar-refractivity contribution in [2.75, 3.05) is 19.8 Å². The molecule has 3 nitrogen and oxygen atoms in total. The van der Waals surface area contributed by atoms with Gasteiger partial charge in [-0.15, -0.1) is 0 Å². The number of nitrogens with one attached hydrogen (secondary N) is 1. The van der Waals surface area contributed by atoms with Crippen molar-refractivity contribution in [3.05, 3.63) is 0 Å². The molecule has 60 valence electrons. The Morgan fingerprint density at radius 3 is 2.60 bits per heavy atom. The summed E-state index contributed by atoms with van der Waals surface area (Å²) in [5, 5.41) is 0. The smallest absolute Gasteiger partial charge is 0.103 e. The molecule has 0 spiro atoms. The summed E-state index contributed by atoms with van der Waals surface area (Å²) >= 11 is 0. The summed E-state index contributed by atoms with van der Waals surface area (Å²) in [6.07, 6.45) is 0.720. The fourth-order valence-corrected chi connectivity index (χ4v) is 1.19. The average molecular weight is 147 g/mol. The fourth-order valence-electron chi connectivity index (χ4n) is 1.19. The summed E-state index contributed by atoms with van der Waals surface area (Å²) in [6, 6.07) is 0. The molecule has 1 fully saturated rings. The molecule has 0 aliphatic carbocycles. The van der Waals surface area contributed by atoms with Gasteiger partial charge in [0.1, 0.15) is 6.17 Å². The molecule has 0 aromatic rings. The predicted molar refractivity (Wildman–Crippen MR) is 37.9 cm³/mol. The molecule has 0 saturated carbocycles. The predicted octanol–water partition coefficient (Wildman–Crippen LogP) is -0.159. The first-order chi connectivity index (χ1) is 4.83. The van der Waals surface area contributed by atoms with E-state index >= 15 is 0 Å². The molecule has 0 aromatic carbocycles. The minimum atomic E-state index is -0.589. The Morgan fingerprint density at radius 2 is 2.10 bits per heavy atom. The van der Waals surface area contributed by atoms with Gasteiger partial charge in [0.2, 0.25) is 0 Å². The Hall–Kier alpha value is -0.190. The number of hydrogen-bond donors (Lipinski definition) is 2. The summed E-state index contributed by atoms with van der Waals surface area (Å²) in [6.45, 7) is 2.32. The Bertz CT molecular complexity index is 91.0. The summed E-state index contributed by atoms with van der Waals surface area (Å²) < 4.78 is 12.5. The van der Waals surface area contributed by atoms with Gasteiger partial charge in [0.15, 0.2) is 0 Å². The fraction of sp³-hybridized carbons (Fsp3) is 1.00. The highest BCUT2D eigenvalue weighted by Gasteiger charge is 2.16. The molecule has 1 rings (SSSR count). The Morgan fingerprint density at radius 1 is 1.50 bits per heavy atom. The van der Waals surface area contributed by atoms with Crippen LogP contribution in [0.5, 0.6) is 0 Å². The summed E-state index contributed by atoms with van der Waals surface area (Å²) in [4.78, 5) is 2.11. The average Bonchev–Trinajstić information content (AvgIpc) is 1.95. The van der Waals surface area contributed by atoms with E-state index in [1.54, 1.807) is 0 Å². The second kappa shape index (κ2) is 3.85. The second-order valence-corrected chi connectivity index (χ2v) is 2.65. The number of halogens is 1. The van der Waals surface area contributed by atoms with Gasteiger partial charge in [0, 0.05) is 13.1 Å². The highest BCUT2D eigenvalue weighted by molar-refractivity contribution is 4.69. The van der Waals surface area contributed by atoms with Crippen LogP contribution in [0.1, 0.15) is 12.8 Å². The van der Waals surface area contributed by atoms with Crippen LogP contribution in [0.25, 0.3) is 0 Å². The van der Waals surface area contributed by atoms with E-state index in [4.69, 9.17) is 5.84 Å². The molecule has 10 heavy (non-hydrogen) atoms. The third-order valence-electron chi connectivity index (χ3n) is 1.83. The third kappa shape index (κ3) is 2.21. The van der Waals surface area contributed by atoms with E-state index < -0.39 is 6.17 Å². The highest BCUT2D eigenvalue weighted by atomic mass is 19.1. The van der Waals surface area contributed by atoms with E-state index in [0.717, 1.165) is 13.1 Å². The second-order valence-electron chi connectivity index (χ2n) is 2.65. The maximum absolute atomic E-state index is 12.5. The van der Waals surface area contributed by atoms with Crippen molar-refractivity contribution in [1.29, 1.82) is 0 Å². The topological polar surface area (TPSA) is 41.3 Å². The highest BCUT2D eigenvalue weighted by Crippen LogP contribution is 2.11. The summed E-state index contributed by atoms with van der Waals surface area (Å²) in [5.74, 6) is 5.11. The number of piperidine rings is 1. The molecule has 0 bridgehead atoms. The van der Waals surface area contributed by atoms with Crippen LogP contribution in [0.4, 0.5) is 4.39 Å². The van der Waals surface area contributed by atoms with Gasteiger partial charge in [-0.2, -0.15) is 0 Å². The molecule has 1 aliphatic heterocycles. The lowest BCUT2D eigenvalue weighted by atomic mass is 10.1. The Labute approximate surface area is 60.3 Å². The largest absolute Gasteiger partial charge is 0.289 e. The van der Waals surface area contributed by atoms with E-state index in [0.29, 0.717) is 19.5 Å². The zero-order valence-electron chi connectivity index (χ0n) is 6.02. The maximum Gasteiger partial charge on any atom is 0.103 e. The van der Waals surface area contributed by atoms with Crippen LogP contribution in [0.2, 0.25) is 0 Å². The third-order valence-corrected chi connectivity index (χ3v) is 1.83. The molecule has 0 radical (unpaired) electrons. The van der Waals surface area contributed by atoms with E-state index in [9.17, 15) is 4.39 Å². The van der Waals surface area contributed by atoms with Gasteiger partial charge in [-0.3, -0.25) is 10.7 Å². The molecule has 0 aromatic heterocycles. The van der Waals surface area contributed by atoms with Gasteiger partial charge < -0.3 is 0 Å². The first-order valence-corrected chi connectivity index (χ1v) is 3.63. The molecule has 1 saturated heterocycles. The first-order valence-electron chi connectivity index (χ1n) is 3.63. The molecule has 0 amide bonds. The van der Waals surface area contributed by atoms with E-state index in [2.05, 4.69) is 10.3 Å². The van der Waals surface area contributed by atoms with Crippen molar-refractivity contribution in [1.82, 2.24) is 10.3 Å². The minimum absolute atomic E-state index is 0.589. The van der Waals surface area contributed by atoms with Crippen LogP contribution < -0.4 is 11.3 Å². The van der Waals surface area contributed by atoms with Gasteiger partial charge >= 0.3 is 0 Å². The number of rotatable bonds is 2. The van der Waals surface area contributed by atoms with Crippen molar-refractivity contribution in [3.8, 4) is 0 Å². The van der Waals surface area contributed by atoms with Gasteiger partial charge in [-0.1, -0.05) is 0 Å². The lowest BCUT2D eigenvalue weighted by molar-refractivity contribution is 0.143. The summed E-state index contributed by atoms with van der Waals surface area (Å²) in [7, 11) is 0. The van der Waals surface area contributed by atoms with Crippen LogP contribution in [0.15, 0.2) is 0 Å². The quantitative estimate of drug-likeness (QED) is 0.421. The SMILES string of the molecule is NNCN1CCC(F)CC1. The van der Waals surface area contributed by atoms with Crippen molar-refractivity contribution >= 4 is 0 Å². The lowest BCUT2D eigenvalue weighted by Gasteiger charge is -2.27. The van der Waals surface area contributed by atoms with Gasteiger partial charge in [0.25, 0.3) is 0 Å². The number of likely N-dealkylation sites (tertiary alicyclic amines) is 1. The monoisotopic (exact) mass is 147 g/mol. The number of nitrogens with zero attached hydrogens (tertiary/aromatic N) is 1. The van der Waals surface area contributed by atoms with Gasteiger partial charge in [-0.05, 0) is 12.8 Å². The number of alkyl halides is 1. The van der Waals surface area contributed by atoms with Gasteiger partial charge in [0.05, 0.1) is 6.67 Å². The molecule has 1 heterocycles. The first kappa shape index (κ1) is 7.91. The minimum Gasteiger partial charge on any atom is -0.289 e. The number of hydrazine groups is 1. The van der Waals surface area contributed by atoms with Crippen molar-refractivity contribution in [2.45, 2.75) is 19.0 Å². The molecule has 0 unspecified atom stereocenters. The molecular weight excluding hydrogens is 133 g/mol. The molecule has 3 N–H and O–H groups in total. The zero-order chi connectivity index (χ0) is 7.40. The molecular formula is C6H14FN3. The van der Waals surface area contributed by atoms with Crippen LogP contribution >= 0.6 is 0 Å². The normalized spacial score (nSPS) is 23.4. The Kier molecular flexibility index (Phi) is 3.05.